The lowest BCUT2D eigenvalue weighted by Crippen LogP contribution is -2.26. The van der Waals surface area contributed by atoms with Gasteiger partial charge >= 0.3 is 6.03 Å². The quantitative estimate of drug-likeness (QED) is 0.546. The Morgan fingerprint density at radius 1 is 1.25 bits per heavy atom. The number of imide groups is 1. The third kappa shape index (κ3) is 1.93. The maximum Gasteiger partial charge on any atom is 0.347 e. The number of hydrogen-bond acceptors (Lipinski definition) is 3. The Hall–Kier alpha value is -2.17. The van der Waals surface area contributed by atoms with Gasteiger partial charge in [0.25, 0.3) is 5.91 Å². The highest BCUT2D eigenvalue weighted by Crippen LogP contribution is 2.07. The summed E-state index contributed by atoms with van der Waals surface area (Å²) in [6, 6.07) is 9.01. The van der Waals surface area contributed by atoms with Crippen LogP contribution in [-0.4, -0.2) is 41.7 Å². The van der Waals surface area contributed by atoms with Gasteiger partial charge in [-0.25, -0.2) is 9.80 Å². The molecule has 0 bridgehead atoms. The number of likely N-dealkylation sites (N-methyl/N-ethyl adjacent to an activating group) is 1. The smallest absolute Gasteiger partial charge is 0.272 e. The van der Waals surface area contributed by atoms with Gasteiger partial charge in [-0.2, -0.15) is 5.10 Å². The van der Waals surface area contributed by atoms with E-state index in [2.05, 4.69) is 5.10 Å². The zero-order valence-electron chi connectivity index (χ0n) is 8.83. The van der Waals surface area contributed by atoms with Crippen molar-refractivity contribution in [3.8, 4) is 0 Å². The summed E-state index contributed by atoms with van der Waals surface area (Å²) in [5.74, 6) is -0.241. The standard InChI is InChI=1S/C11H11N3O2/c1-13-10(15)8-14(11(13)16)12-7-9-5-3-2-4-6-9/h2-7H,8H2,1H3/b12-7+. The summed E-state index contributed by atoms with van der Waals surface area (Å²) in [6.07, 6.45) is 1.56. The number of nitrogens with zero attached hydrogens (tertiary/aromatic N) is 3. The molecule has 0 spiro atoms. The van der Waals surface area contributed by atoms with Gasteiger partial charge in [-0.1, -0.05) is 30.3 Å². The molecule has 1 aliphatic heterocycles. The van der Waals surface area contributed by atoms with Crippen molar-refractivity contribution >= 4 is 18.2 Å². The number of benzene rings is 1. The normalized spacial score (nSPS) is 16.6. The molecule has 82 valence electrons. The second-order valence-electron chi connectivity index (χ2n) is 3.45. The van der Waals surface area contributed by atoms with Gasteiger partial charge in [0, 0.05) is 7.05 Å². The molecule has 0 unspecified atom stereocenters. The highest BCUT2D eigenvalue weighted by atomic mass is 16.2. The molecule has 0 aliphatic carbocycles. The number of amides is 3. The van der Waals surface area contributed by atoms with Crippen LogP contribution in [0.25, 0.3) is 0 Å². The van der Waals surface area contributed by atoms with Crippen LogP contribution in [0.3, 0.4) is 0 Å². The molecule has 0 aromatic heterocycles. The molecule has 2 rings (SSSR count). The number of hydrazone groups is 1. The van der Waals surface area contributed by atoms with Crippen molar-refractivity contribution in [3.63, 3.8) is 0 Å². The fourth-order valence-corrected chi connectivity index (χ4v) is 1.35. The lowest BCUT2D eigenvalue weighted by molar-refractivity contribution is -0.124. The van der Waals surface area contributed by atoms with E-state index in [-0.39, 0.29) is 12.5 Å². The van der Waals surface area contributed by atoms with Gasteiger partial charge in [-0.05, 0) is 5.56 Å². The predicted molar refractivity (Wildman–Crippen MR) is 58.9 cm³/mol. The molecule has 1 aliphatic rings. The minimum atomic E-state index is -0.391. The monoisotopic (exact) mass is 217 g/mol. The van der Waals surface area contributed by atoms with Crippen LogP contribution in [0.2, 0.25) is 0 Å². The van der Waals surface area contributed by atoms with Crippen molar-refractivity contribution in [2.24, 2.45) is 5.10 Å². The van der Waals surface area contributed by atoms with E-state index < -0.39 is 6.03 Å². The molecule has 16 heavy (non-hydrogen) atoms. The molecule has 1 heterocycles. The topological polar surface area (TPSA) is 53.0 Å². The summed E-state index contributed by atoms with van der Waals surface area (Å²) in [6.45, 7) is 0.0126. The van der Waals surface area contributed by atoms with E-state index in [1.54, 1.807) is 6.21 Å². The van der Waals surface area contributed by atoms with Gasteiger partial charge in [-0.15, -0.1) is 0 Å². The molecule has 0 atom stereocenters. The number of carbonyl (C=O) groups is 2. The van der Waals surface area contributed by atoms with E-state index in [0.717, 1.165) is 15.5 Å². The molecule has 0 N–H and O–H groups in total. The summed E-state index contributed by atoms with van der Waals surface area (Å²) < 4.78 is 0. The third-order valence-electron chi connectivity index (χ3n) is 2.31. The first kappa shape index (κ1) is 10.4. The van der Waals surface area contributed by atoms with Crippen molar-refractivity contribution in [1.82, 2.24) is 9.91 Å². The highest BCUT2D eigenvalue weighted by Gasteiger charge is 2.32. The maximum absolute atomic E-state index is 11.5. The molecular weight excluding hydrogens is 206 g/mol. The fraction of sp³-hybridized carbons (Fsp3) is 0.182. The van der Waals surface area contributed by atoms with Crippen LogP contribution in [0.15, 0.2) is 35.4 Å². The molecule has 1 aromatic rings. The average molecular weight is 217 g/mol. The molecule has 1 fully saturated rings. The van der Waals surface area contributed by atoms with Crippen molar-refractivity contribution in [2.75, 3.05) is 13.6 Å². The van der Waals surface area contributed by atoms with E-state index in [9.17, 15) is 9.59 Å². The molecule has 1 aromatic carbocycles. The lowest BCUT2D eigenvalue weighted by atomic mass is 10.2. The first-order chi connectivity index (χ1) is 7.68. The van der Waals surface area contributed by atoms with Gasteiger partial charge in [0.1, 0.15) is 6.54 Å². The minimum Gasteiger partial charge on any atom is -0.272 e. The SMILES string of the molecule is CN1C(=O)CN(/N=C/c2ccccc2)C1=O. The van der Waals surface area contributed by atoms with Gasteiger partial charge < -0.3 is 0 Å². The predicted octanol–water partition coefficient (Wildman–Crippen LogP) is 0.914. The molecule has 1 saturated heterocycles. The Morgan fingerprint density at radius 3 is 2.50 bits per heavy atom. The van der Waals surface area contributed by atoms with E-state index >= 15 is 0 Å². The lowest BCUT2D eigenvalue weighted by Gasteiger charge is -2.07. The maximum atomic E-state index is 11.5. The zero-order valence-corrected chi connectivity index (χ0v) is 8.83. The average Bonchev–Trinajstić information content (AvgIpc) is 2.56. The Morgan fingerprint density at radius 2 is 1.94 bits per heavy atom. The van der Waals surface area contributed by atoms with E-state index in [0.29, 0.717) is 0 Å². The van der Waals surface area contributed by atoms with E-state index in [1.807, 2.05) is 30.3 Å². The Balaban J connectivity index is 2.09. The summed E-state index contributed by atoms with van der Waals surface area (Å²) in [7, 11) is 1.45. The summed E-state index contributed by atoms with van der Waals surface area (Å²) in [4.78, 5) is 23.7. The molecule has 0 saturated carbocycles. The Bertz CT molecular complexity index is 442. The van der Waals surface area contributed by atoms with Crippen LogP contribution < -0.4 is 0 Å². The number of rotatable bonds is 2. The van der Waals surface area contributed by atoms with Crippen LogP contribution in [0.5, 0.6) is 0 Å². The highest BCUT2D eigenvalue weighted by molar-refractivity contribution is 6.01. The number of hydrogen-bond donors (Lipinski definition) is 0. The van der Waals surface area contributed by atoms with E-state index in [1.165, 1.54) is 7.05 Å². The van der Waals surface area contributed by atoms with Crippen molar-refractivity contribution in [1.29, 1.82) is 0 Å². The van der Waals surface area contributed by atoms with Crippen molar-refractivity contribution in [2.45, 2.75) is 0 Å². The van der Waals surface area contributed by atoms with Crippen LogP contribution in [0.1, 0.15) is 5.56 Å². The number of urea groups is 1. The van der Waals surface area contributed by atoms with Crippen molar-refractivity contribution < 1.29 is 9.59 Å². The first-order valence-electron chi connectivity index (χ1n) is 4.85. The molecule has 0 radical (unpaired) electrons. The molecule has 5 nitrogen and oxygen atoms in total. The molecule has 5 heteroatoms. The summed E-state index contributed by atoms with van der Waals surface area (Å²) in [5.41, 5.74) is 0.886. The zero-order chi connectivity index (χ0) is 11.5. The van der Waals surface area contributed by atoms with Gasteiger partial charge in [0.2, 0.25) is 0 Å². The third-order valence-corrected chi connectivity index (χ3v) is 2.31. The fourth-order valence-electron chi connectivity index (χ4n) is 1.35. The minimum absolute atomic E-state index is 0.0126. The van der Waals surface area contributed by atoms with Crippen LogP contribution in [-0.2, 0) is 4.79 Å². The van der Waals surface area contributed by atoms with Crippen molar-refractivity contribution in [3.05, 3.63) is 35.9 Å². The first-order valence-corrected chi connectivity index (χ1v) is 4.85. The van der Waals surface area contributed by atoms with Crippen LogP contribution >= 0.6 is 0 Å². The van der Waals surface area contributed by atoms with Gasteiger partial charge in [-0.3, -0.25) is 9.69 Å². The van der Waals surface area contributed by atoms with Gasteiger partial charge in [0.05, 0.1) is 6.21 Å². The Kier molecular flexibility index (Phi) is 2.68. The summed E-state index contributed by atoms with van der Waals surface area (Å²) >= 11 is 0. The van der Waals surface area contributed by atoms with Gasteiger partial charge in [0.15, 0.2) is 0 Å². The van der Waals surface area contributed by atoms with Crippen LogP contribution in [0.4, 0.5) is 4.79 Å². The largest absolute Gasteiger partial charge is 0.347 e. The van der Waals surface area contributed by atoms with E-state index in [4.69, 9.17) is 0 Å². The van der Waals surface area contributed by atoms with Crippen LogP contribution in [0, 0.1) is 0 Å². The second kappa shape index (κ2) is 4.14. The second-order valence-corrected chi connectivity index (χ2v) is 3.45. The Labute approximate surface area is 93.0 Å². The molecular formula is C11H11N3O2. The molecule has 3 amide bonds. The number of carbonyl (C=O) groups excluding carboxylic acids is 2. The summed E-state index contributed by atoms with van der Waals surface area (Å²) in [5, 5.41) is 5.12.